The third-order valence-corrected chi connectivity index (χ3v) is 1.22. The average Bonchev–Trinajstić information content (AvgIpc) is 2.59. The van der Waals surface area contributed by atoms with Gasteiger partial charge in [-0.3, -0.25) is 0 Å². The molecule has 2 heterocycles. The summed E-state index contributed by atoms with van der Waals surface area (Å²) in [6.45, 7) is 0. The molecule has 0 saturated heterocycles. The summed E-state index contributed by atoms with van der Waals surface area (Å²) >= 11 is 0. The monoisotopic (exact) mass is 132 g/mol. The smallest absolute Gasteiger partial charge is 0.0977 e. The molecule has 0 aromatic heterocycles. The van der Waals surface area contributed by atoms with Gasteiger partial charge in [-0.1, -0.05) is 0 Å². The Morgan fingerprint density at radius 3 is 2.50 bits per heavy atom. The molecule has 2 rings (SSSR count). The molecule has 0 N–H and O–H groups in total. The van der Waals surface area contributed by atoms with Gasteiger partial charge < -0.3 is 0 Å². The predicted molar refractivity (Wildman–Crippen MR) is 38.0 cm³/mol. The summed E-state index contributed by atoms with van der Waals surface area (Å²) in [5.74, 6) is 0. The van der Waals surface area contributed by atoms with Crippen molar-refractivity contribution in [1.29, 1.82) is 0 Å². The summed E-state index contributed by atoms with van der Waals surface area (Å²) in [6.07, 6.45) is 6.77. The Balaban J connectivity index is 2.46. The summed E-state index contributed by atoms with van der Waals surface area (Å²) in [5, 5.41) is 14.8. The molecule has 0 fully saturated rings. The topological polar surface area (TPSA) is 49.4 Å². The van der Waals surface area contributed by atoms with Gasteiger partial charge in [0.25, 0.3) is 0 Å². The van der Waals surface area contributed by atoms with Gasteiger partial charge in [0.2, 0.25) is 0 Å². The molecule has 0 unspecified atom stereocenters. The van der Waals surface area contributed by atoms with Gasteiger partial charge in [0, 0.05) is 5.57 Å². The van der Waals surface area contributed by atoms with E-state index in [1.807, 2.05) is 6.08 Å². The third-order valence-electron chi connectivity index (χ3n) is 1.22. The van der Waals surface area contributed by atoms with E-state index in [2.05, 4.69) is 20.4 Å². The van der Waals surface area contributed by atoms with Crippen molar-refractivity contribution >= 4 is 12.4 Å². The molecular weight excluding hydrogens is 128 g/mol. The zero-order valence-electron chi connectivity index (χ0n) is 5.10. The Labute approximate surface area is 57.4 Å². The molecule has 0 aliphatic carbocycles. The van der Waals surface area contributed by atoms with Crippen LogP contribution in [0.25, 0.3) is 0 Å². The van der Waals surface area contributed by atoms with Gasteiger partial charge in [-0.25, -0.2) is 0 Å². The molecule has 48 valence electrons. The number of hydrogen-bond donors (Lipinski definition) is 0. The van der Waals surface area contributed by atoms with Crippen LogP contribution in [0.4, 0.5) is 0 Å². The first-order valence-electron chi connectivity index (χ1n) is 2.85. The van der Waals surface area contributed by atoms with Crippen LogP contribution in [0.5, 0.6) is 0 Å². The van der Waals surface area contributed by atoms with E-state index < -0.39 is 0 Å². The van der Waals surface area contributed by atoms with Crippen LogP contribution in [0.2, 0.25) is 0 Å². The van der Waals surface area contributed by atoms with Crippen molar-refractivity contribution in [1.82, 2.24) is 0 Å². The first kappa shape index (κ1) is 5.22. The van der Waals surface area contributed by atoms with Gasteiger partial charge >= 0.3 is 0 Å². The minimum absolute atomic E-state index is 0.824. The molecule has 2 aliphatic heterocycles. The highest BCUT2D eigenvalue weighted by Crippen LogP contribution is 2.13. The van der Waals surface area contributed by atoms with E-state index in [0.717, 1.165) is 11.3 Å². The van der Waals surface area contributed by atoms with Crippen molar-refractivity contribution in [2.24, 2.45) is 20.4 Å². The van der Waals surface area contributed by atoms with Crippen molar-refractivity contribution in [2.45, 2.75) is 0 Å². The van der Waals surface area contributed by atoms with E-state index in [1.54, 1.807) is 18.6 Å². The normalized spacial score (nSPS) is 20.0. The maximum Gasteiger partial charge on any atom is 0.0977 e. The summed E-state index contributed by atoms with van der Waals surface area (Å²) in [4.78, 5) is 0. The number of allylic oxidation sites excluding steroid dienone is 2. The highest BCUT2D eigenvalue weighted by atomic mass is 15.2. The van der Waals surface area contributed by atoms with Crippen molar-refractivity contribution < 1.29 is 0 Å². The lowest BCUT2D eigenvalue weighted by Crippen LogP contribution is -1.83. The molecule has 10 heavy (non-hydrogen) atoms. The third kappa shape index (κ3) is 0.699. The average molecular weight is 132 g/mol. The van der Waals surface area contributed by atoms with Crippen LogP contribution in [-0.2, 0) is 0 Å². The molecule has 4 nitrogen and oxygen atoms in total. The molecule has 0 aromatic carbocycles. The molecule has 0 bridgehead atoms. The second-order valence-electron chi connectivity index (χ2n) is 1.86. The number of rotatable bonds is 0. The van der Waals surface area contributed by atoms with Crippen molar-refractivity contribution in [3.63, 3.8) is 0 Å². The first-order chi connectivity index (χ1) is 4.97. The van der Waals surface area contributed by atoms with Crippen LogP contribution >= 0.6 is 0 Å². The number of hydrogen-bond acceptors (Lipinski definition) is 4. The Kier molecular flexibility index (Phi) is 1.04. The van der Waals surface area contributed by atoms with Gasteiger partial charge in [0.05, 0.1) is 24.3 Å². The Morgan fingerprint density at radius 2 is 1.90 bits per heavy atom. The van der Waals surface area contributed by atoms with Crippen LogP contribution < -0.4 is 0 Å². The molecule has 0 spiro atoms. The van der Waals surface area contributed by atoms with Crippen molar-refractivity contribution in [3.8, 4) is 0 Å². The fourth-order valence-corrected chi connectivity index (χ4v) is 0.743. The summed E-state index contributed by atoms with van der Waals surface area (Å²) < 4.78 is 0. The van der Waals surface area contributed by atoms with Gasteiger partial charge in [-0.15, -0.1) is 0 Å². The lowest BCUT2D eigenvalue weighted by Gasteiger charge is -1.85. The highest BCUT2D eigenvalue weighted by molar-refractivity contribution is 6.07. The first-order valence-corrected chi connectivity index (χ1v) is 2.85. The van der Waals surface area contributed by atoms with Gasteiger partial charge in [-0.05, 0) is 6.08 Å². The van der Waals surface area contributed by atoms with Crippen LogP contribution in [0, 0.1) is 0 Å². The van der Waals surface area contributed by atoms with E-state index in [0.29, 0.717) is 0 Å². The van der Waals surface area contributed by atoms with E-state index in [9.17, 15) is 0 Å². The molecular formula is C6H4N4. The van der Waals surface area contributed by atoms with Crippen LogP contribution in [0.1, 0.15) is 0 Å². The highest BCUT2D eigenvalue weighted by Gasteiger charge is 2.04. The van der Waals surface area contributed by atoms with Crippen LogP contribution in [0.3, 0.4) is 0 Å². The second kappa shape index (κ2) is 1.98. The molecule has 4 heteroatoms. The number of azo groups is 1. The Hall–Kier alpha value is -1.58. The van der Waals surface area contributed by atoms with Crippen molar-refractivity contribution in [2.75, 3.05) is 0 Å². The van der Waals surface area contributed by atoms with Crippen LogP contribution in [0.15, 0.2) is 44.0 Å². The van der Waals surface area contributed by atoms with E-state index in [1.165, 1.54) is 0 Å². The molecule has 0 saturated carbocycles. The molecule has 0 atom stereocenters. The van der Waals surface area contributed by atoms with E-state index in [4.69, 9.17) is 0 Å². The second-order valence-corrected chi connectivity index (χ2v) is 1.86. The van der Waals surface area contributed by atoms with Crippen LogP contribution in [-0.4, -0.2) is 12.4 Å². The maximum atomic E-state index is 3.83. The number of nitrogens with zero attached hydrogens (tertiary/aromatic N) is 4. The fraction of sp³-hybridized carbons (Fsp3) is 0. The fourth-order valence-electron chi connectivity index (χ4n) is 0.743. The van der Waals surface area contributed by atoms with E-state index >= 15 is 0 Å². The lowest BCUT2D eigenvalue weighted by atomic mass is 10.2. The molecule has 0 aromatic rings. The largest absolute Gasteiger partial charge is 0.158 e. The predicted octanol–water partition coefficient (Wildman–Crippen LogP) is 1.29. The van der Waals surface area contributed by atoms with Crippen molar-refractivity contribution in [3.05, 3.63) is 23.5 Å². The summed E-state index contributed by atoms with van der Waals surface area (Å²) in [7, 11) is 0. The minimum Gasteiger partial charge on any atom is -0.158 e. The molecule has 2 aliphatic rings. The lowest BCUT2D eigenvalue weighted by molar-refractivity contribution is 1.23. The molecule has 0 radical (unpaired) electrons. The summed E-state index contributed by atoms with van der Waals surface area (Å²) in [6, 6.07) is 0. The maximum absolute atomic E-state index is 3.83. The standard InChI is InChI=1S/C6H4N4/c1-2-7-10-6(1)5-3-8-9-4-5/h1-4H. The van der Waals surface area contributed by atoms with Gasteiger partial charge in [0.15, 0.2) is 0 Å². The Morgan fingerprint density at radius 1 is 1.10 bits per heavy atom. The summed E-state index contributed by atoms with van der Waals surface area (Å²) in [5.41, 5.74) is 1.74. The quantitative estimate of drug-likeness (QED) is 0.477. The van der Waals surface area contributed by atoms with Gasteiger partial charge in [-0.2, -0.15) is 20.4 Å². The van der Waals surface area contributed by atoms with E-state index in [-0.39, 0.29) is 0 Å². The SMILES string of the molecule is C1=CC(=C2C=NN=C2)N=N1. The zero-order chi connectivity index (χ0) is 6.81. The minimum atomic E-state index is 0.824. The zero-order valence-corrected chi connectivity index (χ0v) is 5.10. The molecule has 0 amide bonds. The van der Waals surface area contributed by atoms with Gasteiger partial charge in [0.1, 0.15) is 0 Å². The Bertz CT molecular complexity index is 235.